The fourth-order valence-electron chi connectivity index (χ4n) is 2.52. The van der Waals surface area contributed by atoms with E-state index in [-0.39, 0.29) is 17.9 Å². The lowest BCUT2D eigenvalue weighted by Gasteiger charge is -2.32. The van der Waals surface area contributed by atoms with Gasteiger partial charge in [-0.3, -0.25) is 4.79 Å². The van der Waals surface area contributed by atoms with E-state index in [9.17, 15) is 9.90 Å². The van der Waals surface area contributed by atoms with Gasteiger partial charge in [0.15, 0.2) is 0 Å². The van der Waals surface area contributed by atoms with Crippen molar-refractivity contribution in [2.75, 3.05) is 13.1 Å². The Morgan fingerprint density at radius 3 is 2.79 bits per heavy atom. The van der Waals surface area contributed by atoms with Crippen LogP contribution in [0.5, 0.6) is 0 Å². The number of carbonyl (C=O) groups is 1. The van der Waals surface area contributed by atoms with E-state index in [1.165, 1.54) is 0 Å². The lowest BCUT2D eigenvalue weighted by Crippen LogP contribution is -2.48. The zero-order chi connectivity index (χ0) is 13.7. The number of piperidine rings is 1. The average molecular weight is 262 g/mol. The van der Waals surface area contributed by atoms with Crippen LogP contribution in [0.15, 0.2) is 24.3 Å². The minimum absolute atomic E-state index is 0.00483. The van der Waals surface area contributed by atoms with Crippen LogP contribution in [-0.4, -0.2) is 24.1 Å². The highest BCUT2D eigenvalue weighted by molar-refractivity contribution is 5.82. The van der Waals surface area contributed by atoms with Gasteiger partial charge in [-0.05, 0) is 37.4 Å². The van der Waals surface area contributed by atoms with Crippen LogP contribution in [0.4, 0.5) is 0 Å². The van der Waals surface area contributed by atoms with Gasteiger partial charge in [-0.15, -0.1) is 0 Å². The molecule has 1 fully saturated rings. The van der Waals surface area contributed by atoms with Crippen molar-refractivity contribution in [2.24, 2.45) is 5.41 Å². The van der Waals surface area contributed by atoms with Crippen LogP contribution in [0.25, 0.3) is 0 Å². The van der Waals surface area contributed by atoms with Crippen molar-refractivity contribution in [1.82, 2.24) is 10.6 Å². The standard InChI is InChI=1S/C15H22N2O2/c1-15(7-4-8-16-11-15)14(19)17-9-12-5-2-3-6-13(12)10-18/h2-3,5-6,16,18H,4,7-11H2,1H3,(H,17,19). The number of nitrogens with one attached hydrogen (secondary N) is 2. The van der Waals surface area contributed by atoms with Crippen LogP contribution in [0.1, 0.15) is 30.9 Å². The molecular formula is C15H22N2O2. The lowest BCUT2D eigenvalue weighted by molar-refractivity contribution is -0.131. The second-order valence-electron chi connectivity index (χ2n) is 5.45. The van der Waals surface area contributed by atoms with E-state index >= 15 is 0 Å². The van der Waals surface area contributed by atoms with Gasteiger partial charge in [0.25, 0.3) is 0 Å². The quantitative estimate of drug-likeness (QED) is 0.763. The van der Waals surface area contributed by atoms with E-state index in [1.54, 1.807) is 0 Å². The molecule has 0 aromatic heterocycles. The van der Waals surface area contributed by atoms with Gasteiger partial charge >= 0.3 is 0 Å². The summed E-state index contributed by atoms with van der Waals surface area (Å²) in [6, 6.07) is 7.63. The zero-order valence-corrected chi connectivity index (χ0v) is 11.4. The maximum atomic E-state index is 12.3. The first-order valence-corrected chi connectivity index (χ1v) is 6.82. The molecule has 1 aliphatic heterocycles. The minimum Gasteiger partial charge on any atom is -0.392 e. The molecule has 19 heavy (non-hydrogen) atoms. The van der Waals surface area contributed by atoms with Crippen molar-refractivity contribution in [3.63, 3.8) is 0 Å². The largest absolute Gasteiger partial charge is 0.392 e. The van der Waals surface area contributed by atoms with E-state index < -0.39 is 0 Å². The summed E-state index contributed by atoms with van der Waals surface area (Å²) in [6.07, 6.45) is 1.96. The summed E-state index contributed by atoms with van der Waals surface area (Å²) < 4.78 is 0. The van der Waals surface area contributed by atoms with Crippen LogP contribution < -0.4 is 10.6 Å². The fourth-order valence-corrected chi connectivity index (χ4v) is 2.52. The summed E-state index contributed by atoms with van der Waals surface area (Å²) in [5.74, 6) is 0.0902. The number of aliphatic hydroxyl groups is 1. The molecule has 1 atom stereocenters. The Morgan fingerprint density at radius 1 is 1.42 bits per heavy atom. The smallest absolute Gasteiger partial charge is 0.227 e. The first kappa shape index (κ1) is 14.0. The number of hydrogen-bond donors (Lipinski definition) is 3. The first-order chi connectivity index (χ1) is 9.15. The number of amides is 1. The molecule has 2 rings (SSSR count). The Balaban J connectivity index is 1.96. The molecular weight excluding hydrogens is 240 g/mol. The number of benzene rings is 1. The number of carbonyl (C=O) groups excluding carboxylic acids is 1. The molecule has 0 radical (unpaired) electrons. The van der Waals surface area contributed by atoms with Gasteiger partial charge in [0.1, 0.15) is 0 Å². The van der Waals surface area contributed by atoms with E-state index in [0.717, 1.165) is 37.1 Å². The normalized spacial score (nSPS) is 23.1. The van der Waals surface area contributed by atoms with Crippen molar-refractivity contribution >= 4 is 5.91 Å². The fraction of sp³-hybridized carbons (Fsp3) is 0.533. The molecule has 1 unspecified atom stereocenters. The summed E-state index contributed by atoms with van der Waals surface area (Å²) in [5, 5.41) is 15.5. The van der Waals surface area contributed by atoms with Gasteiger partial charge in [-0.1, -0.05) is 24.3 Å². The van der Waals surface area contributed by atoms with E-state index in [1.807, 2.05) is 31.2 Å². The Kier molecular flexibility index (Phi) is 4.56. The Labute approximate surface area is 114 Å². The molecule has 1 amide bonds. The van der Waals surface area contributed by atoms with E-state index in [2.05, 4.69) is 10.6 Å². The van der Waals surface area contributed by atoms with Gasteiger partial charge in [0.05, 0.1) is 12.0 Å². The predicted molar refractivity (Wildman–Crippen MR) is 74.4 cm³/mol. The summed E-state index contributed by atoms with van der Waals surface area (Å²) in [4.78, 5) is 12.3. The summed E-state index contributed by atoms with van der Waals surface area (Å²) in [6.45, 7) is 4.22. The second-order valence-corrected chi connectivity index (χ2v) is 5.45. The van der Waals surface area contributed by atoms with Crippen LogP contribution in [0, 0.1) is 5.41 Å². The third-order valence-corrected chi connectivity index (χ3v) is 3.87. The van der Waals surface area contributed by atoms with Gasteiger partial charge in [0, 0.05) is 13.1 Å². The molecule has 1 saturated heterocycles. The predicted octanol–water partition coefficient (Wildman–Crippen LogP) is 1.18. The molecule has 1 aromatic rings. The van der Waals surface area contributed by atoms with Crippen LogP contribution >= 0.6 is 0 Å². The molecule has 104 valence electrons. The van der Waals surface area contributed by atoms with Crippen molar-refractivity contribution in [1.29, 1.82) is 0 Å². The number of hydrogen-bond acceptors (Lipinski definition) is 3. The Bertz CT molecular complexity index is 440. The molecule has 3 N–H and O–H groups in total. The second kappa shape index (κ2) is 6.17. The van der Waals surface area contributed by atoms with Crippen LogP contribution in [-0.2, 0) is 17.9 Å². The average Bonchev–Trinajstić information content (AvgIpc) is 2.45. The molecule has 4 nitrogen and oxygen atoms in total. The van der Waals surface area contributed by atoms with Crippen LogP contribution in [0.3, 0.4) is 0 Å². The van der Waals surface area contributed by atoms with Crippen molar-refractivity contribution in [2.45, 2.75) is 32.9 Å². The van der Waals surface area contributed by atoms with Crippen molar-refractivity contribution in [3.8, 4) is 0 Å². The molecule has 0 spiro atoms. The first-order valence-electron chi connectivity index (χ1n) is 6.82. The van der Waals surface area contributed by atoms with Crippen molar-refractivity contribution < 1.29 is 9.90 Å². The maximum Gasteiger partial charge on any atom is 0.227 e. The van der Waals surface area contributed by atoms with Gasteiger partial charge in [-0.2, -0.15) is 0 Å². The summed E-state index contributed by atoms with van der Waals surface area (Å²) in [7, 11) is 0. The molecule has 4 heteroatoms. The van der Waals surface area contributed by atoms with Crippen molar-refractivity contribution in [3.05, 3.63) is 35.4 Å². The third kappa shape index (κ3) is 3.33. The minimum atomic E-state index is -0.313. The maximum absolute atomic E-state index is 12.3. The highest BCUT2D eigenvalue weighted by Crippen LogP contribution is 2.25. The number of rotatable bonds is 4. The molecule has 0 saturated carbocycles. The SMILES string of the molecule is CC1(C(=O)NCc2ccccc2CO)CCCNC1. The summed E-state index contributed by atoms with van der Waals surface area (Å²) in [5.41, 5.74) is 1.53. The monoisotopic (exact) mass is 262 g/mol. The Hall–Kier alpha value is -1.39. The third-order valence-electron chi connectivity index (χ3n) is 3.87. The molecule has 1 aliphatic rings. The molecule has 0 bridgehead atoms. The van der Waals surface area contributed by atoms with E-state index in [0.29, 0.717) is 6.54 Å². The topological polar surface area (TPSA) is 61.4 Å². The Morgan fingerprint density at radius 2 is 2.16 bits per heavy atom. The molecule has 1 heterocycles. The molecule has 0 aliphatic carbocycles. The van der Waals surface area contributed by atoms with Crippen LogP contribution in [0.2, 0.25) is 0 Å². The van der Waals surface area contributed by atoms with Gasteiger partial charge in [0.2, 0.25) is 5.91 Å². The van der Waals surface area contributed by atoms with E-state index in [4.69, 9.17) is 0 Å². The highest BCUT2D eigenvalue weighted by atomic mass is 16.3. The van der Waals surface area contributed by atoms with Gasteiger partial charge < -0.3 is 15.7 Å². The highest BCUT2D eigenvalue weighted by Gasteiger charge is 2.34. The molecule has 1 aromatic carbocycles. The lowest BCUT2D eigenvalue weighted by atomic mass is 9.82. The van der Waals surface area contributed by atoms with Gasteiger partial charge in [-0.25, -0.2) is 0 Å². The zero-order valence-electron chi connectivity index (χ0n) is 11.4. The number of aliphatic hydroxyl groups excluding tert-OH is 1. The summed E-state index contributed by atoms with van der Waals surface area (Å²) >= 11 is 0.